The molecular formula is C20H21ClN4O4. The molecule has 152 valence electrons. The third kappa shape index (κ3) is 5.68. The van der Waals surface area contributed by atoms with E-state index < -0.39 is 0 Å². The molecule has 0 saturated carbocycles. The van der Waals surface area contributed by atoms with Gasteiger partial charge in [-0.25, -0.2) is 0 Å². The van der Waals surface area contributed by atoms with Gasteiger partial charge in [0.15, 0.2) is 0 Å². The van der Waals surface area contributed by atoms with Crippen LogP contribution >= 0.6 is 11.6 Å². The number of rotatable bonds is 1. The Labute approximate surface area is 173 Å². The highest BCUT2D eigenvalue weighted by molar-refractivity contribution is 6.31. The van der Waals surface area contributed by atoms with Crippen LogP contribution in [-0.4, -0.2) is 60.4 Å². The predicted molar refractivity (Wildman–Crippen MR) is 107 cm³/mol. The number of nitrogens with zero attached hydrogens (tertiary/aromatic N) is 2. The fourth-order valence-corrected chi connectivity index (χ4v) is 3.03. The van der Waals surface area contributed by atoms with Crippen LogP contribution in [0.5, 0.6) is 5.75 Å². The first kappa shape index (κ1) is 20.6. The number of carbonyl (C=O) groups excluding carboxylic acids is 3. The molecule has 0 fully saturated rings. The minimum absolute atomic E-state index is 0.102. The molecule has 2 N–H and O–H groups in total. The van der Waals surface area contributed by atoms with Crippen molar-refractivity contribution in [1.29, 1.82) is 0 Å². The van der Waals surface area contributed by atoms with E-state index >= 15 is 0 Å². The Morgan fingerprint density at radius 2 is 2.00 bits per heavy atom. The highest BCUT2D eigenvalue weighted by Crippen LogP contribution is 2.23. The number of hydrogen-bond donors (Lipinski definition) is 2. The minimum atomic E-state index is -0.340. The van der Waals surface area contributed by atoms with Gasteiger partial charge in [0.2, 0.25) is 5.91 Å². The summed E-state index contributed by atoms with van der Waals surface area (Å²) in [4.78, 5) is 43.0. The van der Waals surface area contributed by atoms with Crippen LogP contribution < -0.4 is 15.4 Å². The first-order valence-electron chi connectivity index (χ1n) is 9.22. The lowest BCUT2D eigenvalue weighted by atomic mass is 10.2. The summed E-state index contributed by atoms with van der Waals surface area (Å²) in [7, 11) is 0. The first-order valence-corrected chi connectivity index (χ1v) is 9.60. The molecule has 29 heavy (non-hydrogen) atoms. The lowest BCUT2D eigenvalue weighted by molar-refractivity contribution is -0.121. The molecule has 3 rings (SSSR count). The molecule has 1 aliphatic rings. The molecule has 0 radical (unpaired) electrons. The summed E-state index contributed by atoms with van der Waals surface area (Å²) < 4.78 is 5.63. The molecule has 1 aromatic heterocycles. The van der Waals surface area contributed by atoms with Crippen molar-refractivity contribution in [3.05, 3.63) is 58.9 Å². The lowest BCUT2D eigenvalue weighted by Crippen LogP contribution is -2.43. The number of amides is 3. The zero-order valence-corrected chi connectivity index (χ0v) is 16.4. The second-order valence-corrected chi connectivity index (χ2v) is 6.83. The molecule has 0 bridgehead atoms. The van der Waals surface area contributed by atoms with Crippen molar-refractivity contribution in [2.75, 3.05) is 32.8 Å². The van der Waals surface area contributed by atoms with Crippen molar-refractivity contribution in [1.82, 2.24) is 20.5 Å². The first-order chi connectivity index (χ1) is 14.0. The zero-order valence-electron chi connectivity index (χ0n) is 15.7. The predicted octanol–water partition coefficient (Wildman–Crippen LogP) is 1.51. The van der Waals surface area contributed by atoms with Gasteiger partial charge in [-0.05, 0) is 36.8 Å². The zero-order chi connectivity index (χ0) is 20.6. The SMILES string of the molecule is O=C1CN(C(=O)c2ccccn2)CCCNC(=O)c2cc(Cl)ccc2OCCN1. The number of fused-ring (bicyclic) bond motifs is 1. The van der Waals surface area contributed by atoms with Gasteiger partial charge in [0.1, 0.15) is 18.1 Å². The molecule has 1 aromatic carbocycles. The Bertz CT molecular complexity index is 891. The van der Waals surface area contributed by atoms with Crippen molar-refractivity contribution in [2.24, 2.45) is 0 Å². The standard InChI is InChI=1S/C20H21ClN4O4/c21-14-5-6-17-15(12-14)19(27)24-8-3-10-25(13-18(26)23-9-11-29-17)20(28)16-4-1-2-7-22-16/h1-2,4-7,12H,3,8-11,13H2,(H,23,26)(H,24,27). The summed E-state index contributed by atoms with van der Waals surface area (Å²) in [5, 5.41) is 5.94. The molecule has 3 amide bonds. The Morgan fingerprint density at radius 3 is 2.79 bits per heavy atom. The molecule has 1 aliphatic heterocycles. The summed E-state index contributed by atoms with van der Waals surface area (Å²) >= 11 is 6.00. The third-order valence-corrected chi connectivity index (χ3v) is 4.50. The molecular weight excluding hydrogens is 396 g/mol. The van der Waals surface area contributed by atoms with E-state index in [0.717, 1.165) is 0 Å². The average molecular weight is 417 g/mol. The number of benzene rings is 1. The van der Waals surface area contributed by atoms with Gasteiger partial charge >= 0.3 is 0 Å². The fraction of sp³-hybridized carbons (Fsp3) is 0.300. The maximum Gasteiger partial charge on any atom is 0.272 e. The quantitative estimate of drug-likeness (QED) is 0.733. The van der Waals surface area contributed by atoms with E-state index in [1.807, 2.05) is 0 Å². The lowest BCUT2D eigenvalue weighted by Gasteiger charge is -2.22. The van der Waals surface area contributed by atoms with Crippen LogP contribution in [0.2, 0.25) is 5.02 Å². The molecule has 0 aliphatic carbocycles. The Kier molecular flexibility index (Phi) is 7.02. The summed E-state index contributed by atoms with van der Waals surface area (Å²) in [6, 6.07) is 9.82. The van der Waals surface area contributed by atoms with Gasteiger partial charge in [-0.15, -0.1) is 0 Å². The number of ether oxygens (including phenoxy) is 1. The second kappa shape index (κ2) is 9.88. The van der Waals surface area contributed by atoms with Crippen LogP contribution in [0.25, 0.3) is 0 Å². The molecule has 2 aromatic rings. The molecule has 0 saturated heterocycles. The molecule has 0 spiro atoms. The van der Waals surface area contributed by atoms with Gasteiger partial charge in [0.05, 0.1) is 18.7 Å². The highest BCUT2D eigenvalue weighted by Gasteiger charge is 2.20. The largest absolute Gasteiger partial charge is 0.491 e. The van der Waals surface area contributed by atoms with Crippen molar-refractivity contribution in [2.45, 2.75) is 6.42 Å². The van der Waals surface area contributed by atoms with Crippen LogP contribution in [0.4, 0.5) is 0 Å². The maximum atomic E-state index is 12.7. The van der Waals surface area contributed by atoms with Crippen LogP contribution in [0.3, 0.4) is 0 Å². The van der Waals surface area contributed by atoms with E-state index in [9.17, 15) is 14.4 Å². The van der Waals surface area contributed by atoms with Crippen molar-refractivity contribution in [3.63, 3.8) is 0 Å². The highest BCUT2D eigenvalue weighted by atomic mass is 35.5. The number of carbonyl (C=O) groups is 3. The number of halogens is 1. The summed E-state index contributed by atoms with van der Waals surface area (Å²) in [6.45, 7) is 0.909. The van der Waals surface area contributed by atoms with Crippen LogP contribution in [-0.2, 0) is 4.79 Å². The van der Waals surface area contributed by atoms with E-state index in [1.54, 1.807) is 30.3 Å². The molecule has 0 atom stereocenters. The van der Waals surface area contributed by atoms with Crippen molar-refractivity contribution < 1.29 is 19.1 Å². The van der Waals surface area contributed by atoms with Crippen molar-refractivity contribution in [3.8, 4) is 5.75 Å². The van der Waals surface area contributed by atoms with E-state index in [0.29, 0.717) is 35.8 Å². The normalized spacial score (nSPS) is 16.0. The maximum absolute atomic E-state index is 12.7. The van der Waals surface area contributed by atoms with Crippen LogP contribution in [0, 0.1) is 0 Å². The Morgan fingerprint density at radius 1 is 1.14 bits per heavy atom. The Hall–Kier alpha value is -3.13. The van der Waals surface area contributed by atoms with E-state index in [1.165, 1.54) is 17.2 Å². The Balaban J connectivity index is 1.74. The number of aromatic nitrogens is 1. The van der Waals surface area contributed by atoms with E-state index in [4.69, 9.17) is 16.3 Å². The van der Waals surface area contributed by atoms with Gasteiger partial charge < -0.3 is 20.3 Å². The molecule has 9 heteroatoms. The van der Waals surface area contributed by atoms with Gasteiger partial charge in [-0.1, -0.05) is 17.7 Å². The van der Waals surface area contributed by atoms with Crippen molar-refractivity contribution >= 4 is 29.3 Å². The monoisotopic (exact) mass is 416 g/mol. The van der Waals surface area contributed by atoms with E-state index in [-0.39, 0.29) is 43.1 Å². The van der Waals surface area contributed by atoms with Crippen LogP contribution in [0.15, 0.2) is 42.6 Å². The van der Waals surface area contributed by atoms with Gasteiger partial charge in [-0.2, -0.15) is 0 Å². The molecule has 8 nitrogen and oxygen atoms in total. The smallest absolute Gasteiger partial charge is 0.272 e. The number of nitrogens with one attached hydrogen (secondary N) is 2. The minimum Gasteiger partial charge on any atom is -0.491 e. The molecule has 2 heterocycles. The average Bonchev–Trinajstić information content (AvgIpc) is 2.73. The van der Waals surface area contributed by atoms with E-state index in [2.05, 4.69) is 15.6 Å². The third-order valence-electron chi connectivity index (χ3n) is 4.26. The number of hydrogen-bond acceptors (Lipinski definition) is 5. The van der Waals surface area contributed by atoms with Gasteiger partial charge in [-0.3, -0.25) is 19.4 Å². The van der Waals surface area contributed by atoms with Gasteiger partial charge in [0, 0.05) is 24.3 Å². The summed E-state index contributed by atoms with van der Waals surface area (Å²) in [5.74, 6) is -0.556. The summed E-state index contributed by atoms with van der Waals surface area (Å²) in [5.41, 5.74) is 0.583. The van der Waals surface area contributed by atoms with Gasteiger partial charge in [0.25, 0.3) is 11.8 Å². The fourth-order valence-electron chi connectivity index (χ4n) is 2.86. The summed E-state index contributed by atoms with van der Waals surface area (Å²) in [6.07, 6.45) is 1.99. The second-order valence-electron chi connectivity index (χ2n) is 6.39. The number of pyridine rings is 1. The topological polar surface area (TPSA) is 101 Å². The van der Waals surface area contributed by atoms with Crippen LogP contribution in [0.1, 0.15) is 27.3 Å². The molecule has 0 unspecified atom stereocenters.